The molecule has 26 heavy (non-hydrogen) atoms. The maximum atomic E-state index is 12.9. The number of carbonyl (C=O) groups excluding carboxylic acids is 3. The summed E-state index contributed by atoms with van der Waals surface area (Å²) in [5, 5.41) is 0. The van der Waals surface area contributed by atoms with Crippen LogP contribution in [0.25, 0.3) is 0 Å². The zero-order valence-corrected chi connectivity index (χ0v) is 15.0. The van der Waals surface area contributed by atoms with Crippen LogP contribution < -0.4 is 5.73 Å². The van der Waals surface area contributed by atoms with E-state index in [1.807, 2.05) is 0 Å². The Morgan fingerprint density at radius 3 is 2.69 bits per heavy atom. The van der Waals surface area contributed by atoms with Gasteiger partial charge in [0.15, 0.2) is 6.23 Å². The van der Waals surface area contributed by atoms with E-state index >= 15 is 0 Å². The molecule has 3 amide bonds. The van der Waals surface area contributed by atoms with Crippen LogP contribution in [0.4, 0.5) is 4.79 Å². The molecule has 0 aromatic heterocycles. The van der Waals surface area contributed by atoms with Crippen LogP contribution in [0, 0.1) is 5.41 Å². The number of nitrogens with two attached hydrogens (primary N) is 1. The molecule has 146 valence electrons. The van der Waals surface area contributed by atoms with Gasteiger partial charge >= 0.3 is 22.4 Å². The Bertz CT molecular complexity index is 740. The second kappa shape index (κ2) is 6.35. The van der Waals surface area contributed by atoms with Gasteiger partial charge in [0.2, 0.25) is 5.91 Å². The number of urea groups is 1. The van der Waals surface area contributed by atoms with E-state index in [0.717, 1.165) is 4.90 Å². The van der Waals surface area contributed by atoms with E-state index in [1.165, 1.54) is 11.8 Å². The Morgan fingerprint density at radius 1 is 1.42 bits per heavy atom. The van der Waals surface area contributed by atoms with Gasteiger partial charge in [-0.15, -0.1) is 0 Å². The Balaban J connectivity index is 1.99. The molecule has 3 heterocycles. The summed E-state index contributed by atoms with van der Waals surface area (Å²) >= 11 is 0. The minimum Gasteiger partial charge on any atom is -0.465 e. The second-order valence-electron chi connectivity index (χ2n) is 7.02. The van der Waals surface area contributed by atoms with Crippen LogP contribution in [-0.2, 0) is 28.9 Å². The minimum atomic E-state index is -4.97. The fourth-order valence-electron chi connectivity index (χ4n) is 3.95. The van der Waals surface area contributed by atoms with Crippen molar-refractivity contribution in [3.8, 4) is 0 Å². The standard InChI is InChI=1S/C14H21N3O8S/c1-14(5-2-6-24-12(14)19)11(25-26(21,22)23)17-8-3-4-9(10(15)18)16(7-8)13(17)20/h8-9,11H,2-7H2,1H3,(H2,15,18)(H,21,22,23)/t8-,9+,11?,14?/m1/s1. The fourth-order valence-corrected chi connectivity index (χ4v) is 4.49. The molecule has 4 atom stereocenters. The number of piperidine rings is 1. The molecule has 0 aromatic carbocycles. The van der Waals surface area contributed by atoms with E-state index in [2.05, 4.69) is 0 Å². The van der Waals surface area contributed by atoms with Gasteiger partial charge in [0.1, 0.15) is 11.5 Å². The van der Waals surface area contributed by atoms with E-state index in [0.29, 0.717) is 19.3 Å². The number of nitrogens with zero attached hydrogens (tertiary/aromatic N) is 2. The summed E-state index contributed by atoms with van der Waals surface area (Å²) in [6.07, 6.45) is -0.219. The van der Waals surface area contributed by atoms with Gasteiger partial charge in [-0.05, 0) is 32.6 Å². The van der Waals surface area contributed by atoms with Crippen LogP contribution >= 0.6 is 0 Å². The molecule has 2 unspecified atom stereocenters. The number of primary amides is 1. The largest absolute Gasteiger partial charge is 0.465 e. The smallest absolute Gasteiger partial charge is 0.399 e. The van der Waals surface area contributed by atoms with Crippen LogP contribution in [0.5, 0.6) is 0 Å². The van der Waals surface area contributed by atoms with Crippen molar-refractivity contribution < 1.29 is 36.3 Å². The monoisotopic (exact) mass is 391 g/mol. The molecule has 11 nitrogen and oxygen atoms in total. The van der Waals surface area contributed by atoms with Crippen molar-refractivity contribution in [3.63, 3.8) is 0 Å². The molecule has 3 fully saturated rings. The lowest BCUT2D eigenvalue weighted by atomic mass is 9.81. The zero-order chi connectivity index (χ0) is 19.3. The number of cyclic esters (lactones) is 1. The molecule has 0 aromatic rings. The predicted octanol–water partition coefficient (Wildman–Crippen LogP) is -0.771. The lowest BCUT2D eigenvalue weighted by Crippen LogP contribution is -2.57. The van der Waals surface area contributed by atoms with Crippen molar-refractivity contribution >= 4 is 28.3 Å². The van der Waals surface area contributed by atoms with Crippen molar-refractivity contribution in [2.24, 2.45) is 11.1 Å². The quantitative estimate of drug-likeness (QED) is 0.457. The van der Waals surface area contributed by atoms with Crippen LogP contribution in [0.15, 0.2) is 0 Å². The summed E-state index contributed by atoms with van der Waals surface area (Å²) in [5.74, 6) is -1.37. The zero-order valence-electron chi connectivity index (χ0n) is 14.2. The summed E-state index contributed by atoms with van der Waals surface area (Å²) in [6.45, 7) is 1.77. The second-order valence-corrected chi connectivity index (χ2v) is 8.07. The number of carbonyl (C=O) groups is 3. The van der Waals surface area contributed by atoms with Gasteiger partial charge in [-0.1, -0.05) is 0 Å². The number of hydrogen-bond acceptors (Lipinski definition) is 7. The highest BCUT2D eigenvalue weighted by Gasteiger charge is 2.57. The lowest BCUT2D eigenvalue weighted by molar-refractivity contribution is -0.176. The summed E-state index contributed by atoms with van der Waals surface area (Å²) in [6, 6.07) is -1.94. The van der Waals surface area contributed by atoms with Gasteiger partial charge in [-0.2, -0.15) is 8.42 Å². The number of amides is 3. The van der Waals surface area contributed by atoms with Crippen molar-refractivity contribution in [3.05, 3.63) is 0 Å². The topological polar surface area (TPSA) is 157 Å². The number of hydrogen-bond donors (Lipinski definition) is 2. The molecule has 3 aliphatic heterocycles. The van der Waals surface area contributed by atoms with Crippen molar-refractivity contribution in [1.82, 2.24) is 9.80 Å². The van der Waals surface area contributed by atoms with Crippen molar-refractivity contribution in [1.29, 1.82) is 0 Å². The maximum absolute atomic E-state index is 12.9. The summed E-state index contributed by atoms with van der Waals surface area (Å²) in [7, 11) is -4.97. The summed E-state index contributed by atoms with van der Waals surface area (Å²) < 4.78 is 41.9. The number of esters is 1. The molecular weight excluding hydrogens is 370 g/mol. The van der Waals surface area contributed by atoms with Crippen LogP contribution in [0.2, 0.25) is 0 Å². The van der Waals surface area contributed by atoms with Crippen LogP contribution in [0.3, 0.4) is 0 Å². The van der Waals surface area contributed by atoms with Crippen LogP contribution in [0.1, 0.15) is 32.6 Å². The molecule has 12 heteroatoms. The third-order valence-electron chi connectivity index (χ3n) is 5.30. The van der Waals surface area contributed by atoms with Gasteiger partial charge in [-0.3, -0.25) is 19.0 Å². The molecule has 3 aliphatic rings. The average Bonchev–Trinajstić information content (AvgIpc) is 2.78. The van der Waals surface area contributed by atoms with E-state index in [9.17, 15) is 27.4 Å². The lowest BCUT2D eigenvalue weighted by Gasteiger charge is -2.42. The van der Waals surface area contributed by atoms with E-state index < -0.39 is 52.0 Å². The van der Waals surface area contributed by atoms with E-state index in [1.54, 1.807) is 0 Å². The van der Waals surface area contributed by atoms with Gasteiger partial charge in [-0.25, -0.2) is 8.98 Å². The molecular formula is C14H21N3O8S. The van der Waals surface area contributed by atoms with Gasteiger partial charge in [0.05, 0.1) is 12.6 Å². The Kier molecular flexibility index (Phi) is 4.61. The van der Waals surface area contributed by atoms with Gasteiger partial charge < -0.3 is 15.4 Å². The van der Waals surface area contributed by atoms with Crippen molar-refractivity contribution in [2.45, 2.75) is 50.9 Å². The molecule has 3 saturated heterocycles. The molecule has 3 N–H and O–H groups in total. The molecule has 0 radical (unpaired) electrons. The van der Waals surface area contributed by atoms with E-state index in [4.69, 9.17) is 14.7 Å². The minimum absolute atomic E-state index is 0.156. The Labute approximate surface area is 150 Å². The maximum Gasteiger partial charge on any atom is 0.399 e. The Morgan fingerprint density at radius 2 is 2.12 bits per heavy atom. The normalized spacial score (nSPS) is 33.2. The number of ether oxygens (including phenoxy) is 1. The first-order chi connectivity index (χ1) is 12.0. The van der Waals surface area contributed by atoms with Crippen molar-refractivity contribution in [2.75, 3.05) is 13.2 Å². The molecule has 0 saturated carbocycles. The predicted molar refractivity (Wildman–Crippen MR) is 84.7 cm³/mol. The Hall–Kier alpha value is -1.92. The first kappa shape index (κ1) is 18.9. The summed E-state index contributed by atoms with van der Waals surface area (Å²) in [4.78, 5) is 39.2. The first-order valence-corrected chi connectivity index (χ1v) is 9.62. The highest BCUT2D eigenvalue weighted by atomic mass is 32.3. The number of fused-ring (bicyclic) bond motifs is 2. The molecule has 3 rings (SSSR count). The highest BCUT2D eigenvalue weighted by Crippen LogP contribution is 2.42. The van der Waals surface area contributed by atoms with Crippen LogP contribution in [-0.4, -0.2) is 72.1 Å². The molecule has 2 bridgehead atoms. The highest BCUT2D eigenvalue weighted by molar-refractivity contribution is 7.80. The third kappa shape index (κ3) is 3.12. The molecule has 0 spiro atoms. The average molecular weight is 391 g/mol. The van der Waals surface area contributed by atoms with E-state index in [-0.39, 0.29) is 19.6 Å². The summed E-state index contributed by atoms with van der Waals surface area (Å²) in [5.41, 5.74) is 3.85. The number of rotatable bonds is 5. The fraction of sp³-hybridized carbons (Fsp3) is 0.786. The molecule has 0 aliphatic carbocycles. The SMILES string of the molecule is CC1(C(OS(=O)(=O)O)N2C(=O)N3C[C@H]2CC[C@H]3C(N)=O)CCCOC1=O. The van der Waals surface area contributed by atoms with Gasteiger partial charge in [0.25, 0.3) is 0 Å². The third-order valence-corrected chi connectivity index (χ3v) is 5.72. The first-order valence-electron chi connectivity index (χ1n) is 8.26. The van der Waals surface area contributed by atoms with Gasteiger partial charge in [0, 0.05) is 6.54 Å².